The van der Waals surface area contributed by atoms with Gasteiger partial charge in [-0.1, -0.05) is 60.2 Å². The summed E-state index contributed by atoms with van der Waals surface area (Å²) in [6.07, 6.45) is 1.03. The van der Waals surface area contributed by atoms with Crippen LogP contribution in [-0.4, -0.2) is 12.1 Å². The van der Waals surface area contributed by atoms with Gasteiger partial charge in [0.1, 0.15) is 6.29 Å². The minimum atomic E-state index is -0.388. The number of ketones is 1. The number of benzene rings is 2. The second-order valence-electron chi connectivity index (χ2n) is 4.60. The summed E-state index contributed by atoms with van der Waals surface area (Å²) in [4.78, 5) is 23.3. The smallest absolute Gasteiger partial charge is 0.170 e. The molecule has 0 saturated carbocycles. The molecule has 0 spiro atoms. The molecule has 0 radical (unpaired) electrons. The number of hydrogen-bond acceptors (Lipinski definition) is 2. The molecule has 0 bridgehead atoms. The van der Waals surface area contributed by atoms with E-state index in [1.165, 1.54) is 0 Å². The summed E-state index contributed by atoms with van der Waals surface area (Å²) in [6.45, 7) is 2.00. The Morgan fingerprint density at radius 3 is 2.26 bits per heavy atom. The van der Waals surface area contributed by atoms with Gasteiger partial charge in [-0.25, -0.2) is 0 Å². The fraction of sp³-hybridized carbons (Fsp3) is 0.176. The molecule has 1 atom stereocenters. The summed E-state index contributed by atoms with van der Waals surface area (Å²) in [7, 11) is 0. The first-order valence-electron chi connectivity index (χ1n) is 6.32. The topological polar surface area (TPSA) is 34.1 Å². The van der Waals surface area contributed by atoms with Crippen molar-refractivity contribution in [2.45, 2.75) is 19.3 Å². The predicted octanol–water partition coefficient (Wildman–Crippen LogP) is 3.55. The van der Waals surface area contributed by atoms with E-state index in [0.29, 0.717) is 5.56 Å². The number of Topliss-reactive ketones (excluding diaryl/α,β-unsaturated/α-hetero) is 1. The number of aldehydes is 1. The van der Waals surface area contributed by atoms with Crippen LogP contribution < -0.4 is 0 Å². The zero-order valence-corrected chi connectivity index (χ0v) is 10.9. The van der Waals surface area contributed by atoms with Crippen molar-refractivity contribution in [3.63, 3.8) is 0 Å². The molecule has 0 amide bonds. The lowest BCUT2D eigenvalue weighted by atomic mass is 9.88. The molecule has 2 nitrogen and oxygen atoms in total. The normalized spacial score (nSPS) is 11.8. The average molecular weight is 252 g/mol. The monoisotopic (exact) mass is 252 g/mol. The molecule has 96 valence electrons. The van der Waals surface area contributed by atoms with Gasteiger partial charge in [0.2, 0.25) is 0 Å². The third-order valence-electron chi connectivity index (χ3n) is 3.19. The first kappa shape index (κ1) is 13.2. The van der Waals surface area contributed by atoms with Crippen LogP contribution in [0.5, 0.6) is 0 Å². The van der Waals surface area contributed by atoms with Crippen LogP contribution in [0.2, 0.25) is 0 Å². The molecule has 0 saturated heterocycles. The minimum Gasteiger partial charge on any atom is -0.303 e. The van der Waals surface area contributed by atoms with Crippen molar-refractivity contribution >= 4 is 12.1 Å². The molecule has 0 aliphatic rings. The van der Waals surface area contributed by atoms with E-state index in [2.05, 4.69) is 0 Å². The van der Waals surface area contributed by atoms with E-state index in [1.54, 1.807) is 12.1 Å². The molecule has 0 aliphatic heterocycles. The van der Waals surface area contributed by atoms with Crippen LogP contribution in [0, 0.1) is 6.92 Å². The van der Waals surface area contributed by atoms with Crippen molar-refractivity contribution in [3.8, 4) is 0 Å². The van der Waals surface area contributed by atoms with Gasteiger partial charge in [0.15, 0.2) is 5.78 Å². The van der Waals surface area contributed by atoms with Crippen molar-refractivity contribution < 1.29 is 9.59 Å². The van der Waals surface area contributed by atoms with Crippen LogP contribution in [0.1, 0.15) is 33.8 Å². The van der Waals surface area contributed by atoms with Gasteiger partial charge < -0.3 is 4.79 Å². The average Bonchev–Trinajstić information content (AvgIpc) is 2.46. The Balaban J connectivity index is 2.32. The Morgan fingerprint density at radius 2 is 1.68 bits per heavy atom. The van der Waals surface area contributed by atoms with Crippen LogP contribution in [0.15, 0.2) is 54.6 Å². The van der Waals surface area contributed by atoms with Crippen LogP contribution in [0.3, 0.4) is 0 Å². The number of hydrogen-bond donors (Lipinski definition) is 0. The first-order valence-corrected chi connectivity index (χ1v) is 6.32. The molecule has 0 unspecified atom stereocenters. The van der Waals surface area contributed by atoms with Crippen LogP contribution >= 0.6 is 0 Å². The summed E-state index contributed by atoms with van der Waals surface area (Å²) in [5, 5.41) is 0. The maximum Gasteiger partial charge on any atom is 0.170 e. The van der Waals surface area contributed by atoms with Gasteiger partial charge in [-0.2, -0.15) is 0 Å². The quantitative estimate of drug-likeness (QED) is 0.602. The summed E-state index contributed by atoms with van der Waals surface area (Å²) in [5.41, 5.74) is 2.68. The third kappa shape index (κ3) is 3.16. The maximum atomic E-state index is 12.5. The van der Waals surface area contributed by atoms with Crippen molar-refractivity contribution in [1.82, 2.24) is 0 Å². The number of carbonyl (C=O) groups excluding carboxylic acids is 2. The molecule has 0 aliphatic carbocycles. The molecular weight excluding hydrogens is 236 g/mol. The molecular formula is C17H16O2. The van der Waals surface area contributed by atoms with E-state index in [0.717, 1.165) is 17.4 Å². The second kappa shape index (κ2) is 6.10. The lowest BCUT2D eigenvalue weighted by Gasteiger charge is -2.14. The van der Waals surface area contributed by atoms with Crippen LogP contribution in [0.4, 0.5) is 0 Å². The zero-order valence-electron chi connectivity index (χ0n) is 10.9. The summed E-state index contributed by atoms with van der Waals surface area (Å²) in [5.74, 6) is -0.392. The number of carbonyl (C=O) groups is 2. The molecule has 0 aromatic heterocycles. The second-order valence-corrected chi connectivity index (χ2v) is 4.60. The van der Waals surface area contributed by atoms with E-state index in [9.17, 15) is 9.59 Å². The minimum absolute atomic E-state index is 0.00319. The van der Waals surface area contributed by atoms with E-state index in [4.69, 9.17) is 0 Å². The molecule has 2 heteroatoms. The van der Waals surface area contributed by atoms with Crippen molar-refractivity contribution in [1.29, 1.82) is 0 Å². The van der Waals surface area contributed by atoms with E-state index >= 15 is 0 Å². The van der Waals surface area contributed by atoms with Crippen molar-refractivity contribution in [2.24, 2.45) is 0 Å². The van der Waals surface area contributed by atoms with Gasteiger partial charge in [0.25, 0.3) is 0 Å². The lowest BCUT2D eigenvalue weighted by molar-refractivity contribution is -0.108. The fourth-order valence-corrected chi connectivity index (χ4v) is 2.09. The highest BCUT2D eigenvalue weighted by Crippen LogP contribution is 2.24. The molecule has 19 heavy (non-hydrogen) atoms. The molecule has 0 fully saturated rings. The standard InChI is InChI=1S/C17H16O2/c1-13-7-9-14(10-8-13)16(11-12-18)17(19)15-5-3-2-4-6-15/h2-10,12,16H,11H2,1H3/t16-/m0/s1. The van der Waals surface area contributed by atoms with Gasteiger partial charge in [-0.15, -0.1) is 0 Å². The van der Waals surface area contributed by atoms with Gasteiger partial charge in [0, 0.05) is 12.0 Å². The molecule has 0 heterocycles. The van der Waals surface area contributed by atoms with E-state index in [1.807, 2.05) is 49.4 Å². The van der Waals surface area contributed by atoms with Gasteiger partial charge in [-0.05, 0) is 12.5 Å². The van der Waals surface area contributed by atoms with E-state index < -0.39 is 0 Å². The predicted molar refractivity (Wildman–Crippen MR) is 75.4 cm³/mol. The largest absolute Gasteiger partial charge is 0.303 e. The first-order chi connectivity index (χ1) is 9.22. The summed E-state index contributed by atoms with van der Waals surface area (Å²) >= 11 is 0. The highest BCUT2D eigenvalue weighted by atomic mass is 16.1. The van der Waals surface area contributed by atoms with Crippen molar-refractivity contribution in [2.75, 3.05) is 0 Å². The lowest BCUT2D eigenvalue weighted by Crippen LogP contribution is -2.13. The fourth-order valence-electron chi connectivity index (χ4n) is 2.09. The van der Waals surface area contributed by atoms with Crippen molar-refractivity contribution in [3.05, 3.63) is 71.3 Å². The number of aryl methyl sites for hydroxylation is 1. The Morgan fingerprint density at radius 1 is 1.05 bits per heavy atom. The molecule has 2 rings (SSSR count). The van der Waals surface area contributed by atoms with Gasteiger partial charge in [-0.3, -0.25) is 4.79 Å². The molecule has 0 N–H and O–H groups in total. The zero-order chi connectivity index (χ0) is 13.7. The van der Waals surface area contributed by atoms with Crippen LogP contribution in [-0.2, 0) is 4.79 Å². The molecule has 2 aromatic rings. The Kier molecular flexibility index (Phi) is 4.24. The Labute approximate surface area is 113 Å². The molecule has 2 aromatic carbocycles. The third-order valence-corrected chi connectivity index (χ3v) is 3.19. The highest BCUT2D eigenvalue weighted by Gasteiger charge is 2.21. The van der Waals surface area contributed by atoms with Gasteiger partial charge in [0.05, 0.1) is 5.92 Å². The maximum absolute atomic E-state index is 12.5. The number of rotatable bonds is 5. The summed E-state index contributed by atoms with van der Waals surface area (Å²) < 4.78 is 0. The van der Waals surface area contributed by atoms with Crippen LogP contribution in [0.25, 0.3) is 0 Å². The Hall–Kier alpha value is -2.22. The van der Waals surface area contributed by atoms with E-state index in [-0.39, 0.29) is 18.1 Å². The Bertz CT molecular complexity index is 556. The van der Waals surface area contributed by atoms with Gasteiger partial charge >= 0.3 is 0 Å². The highest BCUT2D eigenvalue weighted by molar-refractivity contribution is 6.01. The SMILES string of the molecule is Cc1ccc([C@H](CC=O)C(=O)c2ccccc2)cc1. The summed E-state index contributed by atoms with van der Waals surface area (Å²) in [6, 6.07) is 16.9.